The van der Waals surface area contributed by atoms with Crippen LogP contribution < -0.4 is 4.90 Å². The lowest BCUT2D eigenvalue weighted by atomic mass is 9.96. The minimum atomic E-state index is -0.526. The zero-order valence-electron chi connectivity index (χ0n) is 16.0. The fraction of sp³-hybridized carbons (Fsp3) is 0.381. The molecule has 0 radical (unpaired) electrons. The van der Waals surface area contributed by atoms with Crippen molar-refractivity contribution < 1.29 is 9.53 Å². The van der Waals surface area contributed by atoms with Crippen molar-refractivity contribution in [1.82, 2.24) is 4.90 Å². The predicted octanol–water partition coefficient (Wildman–Crippen LogP) is 5.92. The van der Waals surface area contributed by atoms with Gasteiger partial charge < -0.3 is 14.5 Å². The lowest BCUT2D eigenvalue weighted by Crippen LogP contribution is -2.49. The smallest absolute Gasteiger partial charge is 0.410 e. The van der Waals surface area contributed by atoms with Crippen LogP contribution in [0.2, 0.25) is 10.0 Å². The molecule has 0 fully saturated rings. The van der Waals surface area contributed by atoms with Crippen LogP contribution in [0.4, 0.5) is 16.2 Å². The Kier molecular flexibility index (Phi) is 5.59. The molecule has 1 heterocycles. The lowest BCUT2D eigenvalue weighted by Gasteiger charge is -2.40. The first-order valence-electron chi connectivity index (χ1n) is 8.92. The Morgan fingerprint density at radius 1 is 1.15 bits per heavy atom. The summed E-state index contributed by atoms with van der Waals surface area (Å²) in [5.41, 5.74) is 2.71. The fourth-order valence-electron chi connectivity index (χ4n) is 3.21. The number of carbonyl (C=O) groups excluding carboxylic acids is 1. The second kappa shape index (κ2) is 7.61. The summed E-state index contributed by atoms with van der Waals surface area (Å²) in [6.07, 6.45) is 0.449. The first-order chi connectivity index (χ1) is 12.7. The van der Waals surface area contributed by atoms with Crippen LogP contribution >= 0.6 is 23.2 Å². The highest BCUT2D eigenvalue weighted by Crippen LogP contribution is 2.37. The van der Waals surface area contributed by atoms with Crippen LogP contribution in [0.3, 0.4) is 0 Å². The standard InChI is InChI=1S/C21H24Cl2N2O2/c1-21(2,3)27-20(26)24(4)16-11-14-7-5-6-8-19(14)25(13-16)15-9-10-17(22)18(23)12-15/h5-10,12,16H,11,13H2,1-4H3. The van der Waals surface area contributed by atoms with Crippen molar-refractivity contribution in [3.63, 3.8) is 0 Å². The van der Waals surface area contributed by atoms with Gasteiger partial charge in [-0.2, -0.15) is 0 Å². The Labute approximate surface area is 170 Å². The fourth-order valence-corrected chi connectivity index (χ4v) is 3.51. The van der Waals surface area contributed by atoms with E-state index in [9.17, 15) is 4.79 Å². The van der Waals surface area contributed by atoms with E-state index >= 15 is 0 Å². The van der Waals surface area contributed by atoms with Crippen molar-refractivity contribution in [2.45, 2.75) is 38.8 Å². The normalized spacial score (nSPS) is 16.7. The highest BCUT2D eigenvalue weighted by atomic mass is 35.5. The SMILES string of the molecule is CN(C(=O)OC(C)(C)C)C1Cc2ccccc2N(c2ccc(Cl)c(Cl)c2)C1. The van der Waals surface area contributed by atoms with E-state index in [2.05, 4.69) is 17.0 Å². The molecule has 4 nitrogen and oxygen atoms in total. The average Bonchev–Trinajstić information content (AvgIpc) is 2.61. The van der Waals surface area contributed by atoms with Gasteiger partial charge in [-0.05, 0) is 57.0 Å². The molecule has 0 aliphatic carbocycles. The van der Waals surface area contributed by atoms with E-state index in [-0.39, 0.29) is 12.1 Å². The highest BCUT2D eigenvalue weighted by Gasteiger charge is 2.32. The number of carbonyl (C=O) groups is 1. The Bertz CT molecular complexity index is 848. The van der Waals surface area contributed by atoms with Crippen LogP contribution in [0.1, 0.15) is 26.3 Å². The molecule has 0 aromatic heterocycles. The summed E-state index contributed by atoms with van der Waals surface area (Å²) >= 11 is 12.3. The van der Waals surface area contributed by atoms with Gasteiger partial charge in [0.1, 0.15) is 5.60 Å². The van der Waals surface area contributed by atoms with Crippen LogP contribution in [0.25, 0.3) is 0 Å². The molecule has 1 amide bonds. The Morgan fingerprint density at radius 2 is 1.85 bits per heavy atom. The molecule has 0 saturated carbocycles. The molecule has 2 aromatic carbocycles. The van der Waals surface area contributed by atoms with E-state index in [1.165, 1.54) is 5.56 Å². The maximum absolute atomic E-state index is 12.6. The molecule has 3 rings (SSSR count). The van der Waals surface area contributed by atoms with E-state index in [1.54, 1.807) is 18.0 Å². The summed E-state index contributed by atoms with van der Waals surface area (Å²) in [6.45, 7) is 6.26. The Hall–Kier alpha value is -1.91. The van der Waals surface area contributed by atoms with Gasteiger partial charge in [0.15, 0.2) is 0 Å². The molecule has 6 heteroatoms. The van der Waals surface area contributed by atoms with Crippen molar-refractivity contribution in [2.24, 2.45) is 0 Å². The second-order valence-electron chi connectivity index (χ2n) is 7.79. The van der Waals surface area contributed by atoms with E-state index in [0.717, 1.165) is 17.8 Å². The third-order valence-electron chi connectivity index (χ3n) is 4.58. The van der Waals surface area contributed by atoms with Gasteiger partial charge in [-0.15, -0.1) is 0 Å². The van der Waals surface area contributed by atoms with Gasteiger partial charge in [-0.3, -0.25) is 0 Å². The average molecular weight is 407 g/mol. The first-order valence-corrected chi connectivity index (χ1v) is 9.67. The van der Waals surface area contributed by atoms with Crippen molar-refractivity contribution in [2.75, 3.05) is 18.5 Å². The minimum absolute atomic E-state index is 0.0239. The molecule has 0 saturated heterocycles. The number of fused-ring (bicyclic) bond motifs is 1. The number of nitrogens with zero attached hydrogens (tertiary/aromatic N) is 2. The number of hydrogen-bond acceptors (Lipinski definition) is 3. The van der Waals surface area contributed by atoms with Crippen molar-refractivity contribution in [1.29, 1.82) is 0 Å². The molecular formula is C21H24Cl2N2O2. The van der Waals surface area contributed by atoms with Gasteiger partial charge in [-0.1, -0.05) is 41.4 Å². The highest BCUT2D eigenvalue weighted by molar-refractivity contribution is 6.42. The van der Waals surface area contributed by atoms with Crippen LogP contribution in [-0.2, 0) is 11.2 Å². The monoisotopic (exact) mass is 406 g/mol. The number of para-hydroxylation sites is 1. The molecule has 1 atom stereocenters. The molecule has 0 spiro atoms. The van der Waals surface area contributed by atoms with E-state index < -0.39 is 5.60 Å². The summed E-state index contributed by atoms with van der Waals surface area (Å²) in [4.78, 5) is 16.4. The van der Waals surface area contributed by atoms with Gasteiger partial charge in [-0.25, -0.2) is 4.79 Å². The molecule has 1 aliphatic rings. The van der Waals surface area contributed by atoms with Gasteiger partial charge in [0.2, 0.25) is 0 Å². The van der Waals surface area contributed by atoms with Crippen LogP contribution in [-0.4, -0.2) is 36.2 Å². The maximum atomic E-state index is 12.6. The molecule has 1 aliphatic heterocycles. The Balaban J connectivity index is 1.92. The van der Waals surface area contributed by atoms with E-state index in [0.29, 0.717) is 16.6 Å². The maximum Gasteiger partial charge on any atom is 0.410 e. The number of rotatable bonds is 2. The molecule has 27 heavy (non-hydrogen) atoms. The van der Waals surface area contributed by atoms with E-state index in [4.69, 9.17) is 27.9 Å². The van der Waals surface area contributed by atoms with Crippen molar-refractivity contribution >= 4 is 40.7 Å². The third kappa shape index (κ3) is 4.50. The van der Waals surface area contributed by atoms with Crippen molar-refractivity contribution in [3.8, 4) is 0 Å². The number of benzene rings is 2. The summed E-state index contributed by atoms with van der Waals surface area (Å²) < 4.78 is 5.55. The molecule has 2 aromatic rings. The molecule has 0 N–H and O–H groups in total. The summed E-state index contributed by atoms with van der Waals surface area (Å²) in [5, 5.41) is 1.03. The van der Waals surface area contributed by atoms with Crippen molar-refractivity contribution in [3.05, 3.63) is 58.1 Å². The Morgan fingerprint density at radius 3 is 2.52 bits per heavy atom. The summed E-state index contributed by atoms with van der Waals surface area (Å²) in [7, 11) is 1.79. The molecule has 144 valence electrons. The third-order valence-corrected chi connectivity index (χ3v) is 5.31. The minimum Gasteiger partial charge on any atom is -0.444 e. The zero-order valence-corrected chi connectivity index (χ0v) is 17.5. The van der Waals surface area contributed by atoms with Crippen LogP contribution in [0.15, 0.2) is 42.5 Å². The zero-order chi connectivity index (χ0) is 19.8. The van der Waals surface area contributed by atoms with Gasteiger partial charge in [0.05, 0.1) is 16.1 Å². The quantitative estimate of drug-likeness (QED) is 0.619. The summed E-state index contributed by atoms with van der Waals surface area (Å²) in [5.74, 6) is 0. The van der Waals surface area contributed by atoms with Crippen LogP contribution in [0, 0.1) is 0 Å². The van der Waals surface area contributed by atoms with E-state index in [1.807, 2.05) is 45.0 Å². The largest absolute Gasteiger partial charge is 0.444 e. The number of ether oxygens (including phenoxy) is 1. The number of halogens is 2. The summed E-state index contributed by atoms with van der Waals surface area (Å²) in [6, 6.07) is 13.8. The number of anilines is 2. The predicted molar refractivity (Wildman–Crippen MR) is 111 cm³/mol. The first kappa shape index (κ1) is 19.8. The number of amides is 1. The number of likely N-dealkylation sites (N-methyl/N-ethyl adjacent to an activating group) is 1. The molecule has 0 bridgehead atoms. The molecule has 1 unspecified atom stereocenters. The van der Waals surface area contributed by atoms with Gasteiger partial charge in [0, 0.05) is 25.0 Å². The second-order valence-corrected chi connectivity index (χ2v) is 8.60. The van der Waals surface area contributed by atoms with Crippen LogP contribution in [0.5, 0.6) is 0 Å². The topological polar surface area (TPSA) is 32.8 Å². The lowest BCUT2D eigenvalue weighted by molar-refractivity contribution is 0.0225. The van der Waals surface area contributed by atoms with Gasteiger partial charge >= 0.3 is 6.09 Å². The van der Waals surface area contributed by atoms with Gasteiger partial charge in [0.25, 0.3) is 0 Å². The molecular weight excluding hydrogens is 383 g/mol. The number of hydrogen-bond donors (Lipinski definition) is 0.